The molecular formula is C46H78O17. The lowest BCUT2D eigenvalue weighted by Gasteiger charge is -2.71. The molecule has 7 rings (SSSR count). The topological polar surface area (TPSA) is 278 Å². The highest BCUT2D eigenvalue weighted by Crippen LogP contribution is 2.76. The lowest BCUT2D eigenvalue weighted by atomic mass is 9.34. The normalized spacial score (nSPS) is 53.1. The summed E-state index contributed by atoms with van der Waals surface area (Å²) in [7, 11) is 0. The Morgan fingerprint density at radius 1 is 0.698 bits per heavy atom. The molecule has 0 aromatic heterocycles. The zero-order valence-electron chi connectivity index (χ0n) is 38.3. The third kappa shape index (κ3) is 8.53. The van der Waals surface area contributed by atoms with E-state index < -0.39 is 121 Å². The zero-order valence-corrected chi connectivity index (χ0v) is 38.3. The minimum absolute atomic E-state index is 0.0907. The highest BCUT2D eigenvalue weighted by molar-refractivity contribution is 5.22. The van der Waals surface area contributed by atoms with E-state index in [0.29, 0.717) is 38.5 Å². The van der Waals surface area contributed by atoms with E-state index in [2.05, 4.69) is 40.7 Å². The van der Waals surface area contributed by atoms with Crippen LogP contribution >= 0.6 is 0 Å². The molecule has 7 aliphatic rings. The van der Waals surface area contributed by atoms with Crippen molar-refractivity contribution in [2.45, 2.75) is 211 Å². The summed E-state index contributed by atoms with van der Waals surface area (Å²) in [6, 6.07) is 0. The maximum Gasteiger partial charge on any atom is 0.187 e. The monoisotopic (exact) mass is 903 g/mol. The molecule has 0 amide bonds. The molecular weight excluding hydrogens is 824 g/mol. The van der Waals surface area contributed by atoms with E-state index in [0.717, 1.165) is 18.4 Å². The van der Waals surface area contributed by atoms with Gasteiger partial charge in [-0.3, -0.25) is 0 Å². The van der Waals surface area contributed by atoms with Crippen LogP contribution in [-0.2, 0) is 28.4 Å². The minimum atomic E-state index is -1.72. The van der Waals surface area contributed by atoms with Gasteiger partial charge in [0.15, 0.2) is 18.9 Å². The van der Waals surface area contributed by atoms with Crippen molar-refractivity contribution >= 4 is 0 Å². The number of ether oxygens (including phenoxy) is 6. The Kier molecular flexibility index (Phi) is 14.4. The molecule has 0 spiro atoms. The third-order valence-electron chi connectivity index (χ3n) is 17.9. The summed E-state index contributed by atoms with van der Waals surface area (Å²) < 4.78 is 35.4. The molecule has 63 heavy (non-hydrogen) atoms. The van der Waals surface area contributed by atoms with Gasteiger partial charge in [-0.1, -0.05) is 46.3 Å². The van der Waals surface area contributed by atoms with Gasteiger partial charge in [0.05, 0.1) is 43.7 Å². The molecule has 4 saturated carbocycles. The molecule has 17 heteroatoms. The minimum Gasteiger partial charge on any atom is -0.393 e. The van der Waals surface area contributed by atoms with Gasteiger partial charge in [-0.15, -0.1) is 0 Å². The molecule has 4 aliphatic carbocycles. The van der Waals surface area contributed by atoms with Crippen molar-refractivity contribution in [3.63, 3.8) is 0 Å². The first-order valence-electron chi connectivity index (χ1n) is 23.3. The van der Waals surface area contributed by atoms with Gasteiger partial charge in [0.1, 0.15) is 61.0 Å². The second-order valence-corrected chi connectivity index (χ2v) is 22.2. The van der Waals surface area contributed by atoms with Gasteiger partial charge in [-0.25, -0.2) is 0 Å². The molecule has 24 atom stereocenters. The van der Waals surface area contributed by atoms with E-state index in [1.54, 1.807) is 0 Å². The standard InChI is InChI=1S/C46H78O17/c1-21(2)10-9-13-46(8,22-11-15-44(6)30(22)23(47)16-28-43(5)14-12-29(50)42(3,4)38(43)24(48)17-45(28,44)7)63-41-37(57)34(54)32(52)26(62-41)19-59-39-36(56)33(53)27(20-60-39)61-40-35(55)31(51)25(49)18-58-40/h10,22-41,47-57H,9,11-20H2,1-8H3/t22-,23+,24-,25+,26+,27+,28+,29-,30-,31-,32+,33+,34-,35+,36-,37+,38-,39-,40-,41-,43+,44+,45+,46-/m0/s1. The number of aliphatic hydroxyl groups is 11. The SMILES string of the molecule is CC(C)=CCC[C@](C)(O[C@@H]1O[C@H](CO[C@H]2OC[C@@H](O[C@@H]3OC[C@@H](O)[C@H](O)[C@H]3O)[C@@H](O)[C@@H]2O)[C@@H](O)[C@H](O)[C@H]1O)[C@H]1CC[C@]2(C)[C@@H]1[C@H](O)C[C@@H]1[C@@]3(C)CC[C@H](O)C(C)(C)[C@@H]3[C@@H](O)C[C@]12C. The molecule has 0 unspecified atom stereocenters. The van der Waals surface area contributed by atoms with Crippen LogP contribution in [0.2, 0.25) is 0 Å². The molecule has 3 saturated heterocycles. The molecule has 17 nitrogen and oxygen atoms in total. The highest BCUT2D eigenvalue weighted by atomic mass is 16.7. The van der Waals surface area contributed by atoms with E-state index in [4.69, 9.17) is 28.4 Å². The number of hydrogen-bond acceptors (Lipinski definition) is 17. The van der Waals surface area contributed by atoms with E-state index in [1.165, 1.54) is 0 Å². The Morgan fingerprint density at radius 3 is 2.03 bits per heavy atom. The first kappa shape index (κ1) is 50.0. The van der Waals surface area contributed by atoms with Crippen molar-refractivity contribution in [2.75, 3.05) is 19.8 Å². The molecule has 3 heterocycles. The summed E-state index contributed by atoms with van der Waals surface area (Å²) in [4.78, 5) is 0. The molecule has 0 radical (unpaired) electrons. The van der Waals surface area contributed by atoms with E-state index in [1.807, 2.05) is 20.8 Å². The van der Waals surface area contributed by atoms with Crippen molar-refractivity contribution in [2.24, 2.45) is 45.3 Å². The predicted molar refractivity (Wildman–Crippen MR) is 223 cm³/mol. The summed E-state index contributed by atoms with van der Waals surface area (Å²) in [6.45, 7) is 15.8. The third-order valence-corrected chi connectivity index (χ3v) is 17.9. The van der Waals surface area contributed by atoms with Crippen molar-refractivity contribution in [1.82, 2.24) is 0 Å². The van der Waals surface area contributed by atoms with Crippen LogP contribution in [-0.4, -0.2) is 180 Å². The quantitative estimate of drug-likeness (QED) is 0.124. The molecule has 0 bridgehead atoms. The second kappa shape index (κ2) is 18.2. The van der Waals surface area contributed by atoms with Crippen molar-refractivity contribution in [3.05, 3.63) is 11.6 Å². The van der Waals surface area contributed by atoms with Crippen LogP contribution in [0.25, 0.3) is 0 Å². The fourth-order valence-corrected chi connectivity index (χ4v) is 14.3. The number of rotatable bonds is 11. The Hall–Kier alpha value is -0.940. The second-order valence-electron chi connectivity index (χ2n) is 22.2. The van der Waals surface area contributed by atoms with Crippen molar-refractivity contribution in [1.29, 1.82) is 0 Å². The predicted octanol–water partition coefficient (Wildman–Crippen LogP) is 0.222. The van der Waals surface area contributed by atoms with Crippen LogP contribution in [0.4, 0.5) is 0 Å². The summed E-state index contributed by atoms with van der Waals surface area (Å²) in [5, 5.41) is 121. The molecule has 0 aromatic carbocycles. The van der Waals surface area contributed by atoms with Crippen LogP contribution in [0, 0.1) is 45.3 Å². The van der Waals surface area contributed by atoms with Gasteiger partial charge >= 0.3 is 0 Å². The van der Waals surface area contributed by atoms with Gasteiger partial charge < -0.3 is 84.6 Å². The van der Waals surface area contributed by atoms with Crippen LogP contribution in [0.1, 0.15) is 107 Å². The molecule has 3 aliphatic heterocycles. The van der Waals surface area contributed by atoms with E-state index >= 15 is 0 Å². The number of fused-ring (bicyclic) bond motifs is 5. The molecule has 11 N–H and O–H groups in total. The van der Waals surface area contributed by atoms with E-state index in [-0.39, 0.29) is 47.7 Å². The first-order valence-corrected chi connectivity index (χ1v) is 23.3. The summed E-state index contributed by atoms with van der Waals surface area (Å²) in [5.74, 6) is -0.536. The largest absolute Gasteiger partial charge is 0.393 e. The van der Waals surface area contributed by atoms with Crippen LogP contribution in [0.5, 0.6) is 0 Å². The van der Waals surface area contributed by atoms with Gasteiger partial charge in [0.25, 0.3) is 0 Å². The van der Waals surface area contributed by atoms with Gasteiger partial charge in [-0.2, -0.15) is 0 Å². The van der Waals surface area contributed by atoms with Gasteiger partial charge in [0, 0.05) is 0 Å². The summed E-state index contributed by atoms with van der Waals surface area (Å²) in [6.07, 6.45) is -14.4. The Bertz CT molecular complexity index is 1610. The average Bonchev–Trinajstić information content (AvgIpc) is 3.60. The average molecular weight is 903 g/mol. The van der Waals surface area contributed by atoms with Crippen molar-refractivity contribution < 1.29 is 84.6 Å². The maximum atomic E-state index is 12.5. The highest BCUT2D eigenvalue weighted by Gasteiger charge is 2.73. The fourth-order valence-electron chi connectivity index (χ4n) is 14.3. The van der Waals surface area contributed by atoms with Gasteiger partial charge in [0.2, 0.25) is 0 Å². The Balaban J connectivity index is 1.07. The lowest BCUT2D eigenvalue weighted by Crippen LogP contribution is -2.70. The summed E-state index contributed by atoms with van der Waals surface area (Å²) in [5.41, 5.74) is -1.50. The first-order chi connectivity index (χ1) is 29.3. The van der Waals surface area contributed by atoms with Crippen LogP contribution in [0.15, 0.2) is 11.6 Å². The number of hydrogen-bond donors (Lipinski definition) is 11. The smallest absolute Gasteiger partial charge is 0.187 e. The van der Waals surface area contributed by atoms with E-state index in [9.17, 15) is 56.2 Å². The summed E-state index contributed by atoms with van der Waals surface area (Å²) >= 11 is 0. The molecule has 0 aromatic rings. The number of aliphatic hydroxyl groups excluding tert-OH is 11. The maximum absolute atomic E-state index is 12.5. The van der Waals surface area contributed by atoms with Crippen LogP contribution < -0.4 is 0 Å². The lowest BCUT2D eigenvalue weighted by molar-refractivity contribution is -0.351. The van der Waals surface area contributed by atoms with Crippen LogP contribution in [0.3, 0.4) is 0 Å². The zero-order chi connectivity index (χ0) is 46.4. The fraction of sp³-hybridized carbons (Fsp3) is 0.957. The molecule has 364 valence electrons. The number of allylic oxidation sites excluding steroid dienone is 2. The van der Waals surface area contributed by atoms with Crippen molar-refractivity contribution in [3.8, 4) is 0 Å². The molecule has 7 fully saturated rings. The van der Waals surface area contributed by atoms with Gasteiger partial charge in [-0.05, 0) is 117 Å². The Labute approximate surface area is 371 Å². The Morgan fingerprint density at radius 2 is 1.35 bits per heavy atom.